The lowest BCUT2D eigenvalue weighted by Crippen LogP contribution is -2.42. The molecule has 0 heterocycles. The van der Waals surface area contributed by atoms with Crippen molar-refractivity contribution < 1.29 is 4.74 Å². The molecule has 1 fully saturated rings. The van der Waals surface area contributed by atoms with E-state index in [0.717, 1.165) is 12.5 Å². The minimum Gasteiger partial charge on any atom is -0.371 e. The van der Waals surface area contributed by atoms with Crippen molar-refractivity contribution in [1.82, 2.24) is 5.32 Å². The average molecular weight is 213 g/mol. The summed E-state index contributed by atoms with van der Waals surface area (Å²) in [6.07, 6.45) is 7.11. The van der Waals surface area contributed by atoms with E-state index in [4.69, 9.17) is 4.74 Å². The number of nitrogens with one attached hydrogen (secondary N) is 1. The summed E-state index contributed by atoms with van der Waals surface area (Å²) in [6.45, 7) is 7.59. The van der Waals surface area contributed by atoms with Gasteiger partial charge in [0, 0.05) is 6.54 Å². The zero-order chi connectivity index (χ0) is 11.3. The molecule has 0 aromatic rings. The predicted octanol–water partition coefficient (Wildman–Crippen LogP) is 2.97. The summed E-state index contributed by atoms with van der Waals surface area (Å²) in [5, 5.41) is 3.21. The Hall–Kier alpha value is -0.0800. The van der Waals surface area contributed by atoms with Crippen LogP contribution >= 0.6 is 0 Å². The summed E-state index contributed by atoms with van der Waals surface area (Å²) < 4.78 is 6.26. The van der Waals surface area contributed by atoms with Gasteiger partial charge in [0.15, 0.2) is 0 Å². The summed E-state index contributed by atoms with van der Waals surface area (Å²) in [5.41, 5.74) is -0.0236. The second-order valence-electron chi connectivity index (χ2n) is 5.40. The lowest BCUT2D eigenvalue weighted by molar-refractivity contribution is -0.106. The van der Waals surface area contributed by atoms with Crippen molar-refractivity contribution in [2.45, 2.75) is 64.6 Å². The topological polar surface area (TPSA) is 21.3 Å². The molecule has 90 valence electrons. The predicted molar refractivity (Wildman–Crippen MR) is 65.1 cm³/mol. The fourth-order valence-electron chi connectivity index (χ4n) is 2.67. The number of rotatable bonds is 5. The maximum absolute atomic E-state index is 6.26. The molecule has 1 rings (SSSR count). The molecule has 0 saturated heterocycles. The van der Waals surface area contributed by atoms with Crippen molar-refractivity contribution in [1.29, 1.82) is 0 Å². The van der Waals surface area contributed by atoms with Crippen molar-refractivity contribution in [3.05, 3.63) is 0 Å². The molecule has 15 heavy (non-hydrogen) atoms. The van der Waals surface area contributed by atoms with Crippen molar-refractivity contribution >= 4 is 0 Å². The van der Waals surface area contributed by atoms with Crippen LogP contribution in [0.25, 0.3) is 0 Å². The van der Waals surface area contributed by atoms with Gasteiger partial charge >= 0.3 is 0 Å². The third-order valence-electron chi connectivity index (χ3n) is 3.44. The summed E-state index contributed by atoms with van der Waals surface area (Å²) in [6, 6.07) is 0. The van der Waals surface area contributed by atoms with Crippen LogP contribution in [0.2, 0.25) is 0 Å². The van der Waals surface area contributed by atoms with E-state index < -0.39 is 0 Å². The molecule has 0 spiro atoms. The van der Waals surface area contributed by atoms with Gasteiger partial charge in [0.1, 0.15) is 0 Å². The smallest absolute Gasteiger partial charge is 0.0754 e. The minimum absolute atomic E-state index is 0.0236. The third-order valence-corrected chi connectivity index (χ3v) is 3.44. The first-order valence-corrected chi connectivity index (χ1v) is 6.41. The first-order chi connectivity index (χ1) is 7.09. The van der Waals surface area contributed by atoms with Crippen LogP contribution in [0.15, 0.2) is 0 Å². The Morgan fingerprint density at radius 1 is 1.27 bits per heavy atom. The zero-order valence-electron chi connectivity index (χ0n) is 10.8. The number of likely N-dealkylation sites (N-methyl/N-ethyl adjacent to an activating group) is 1. The molecule has 1 N–H and O–H groups in total. The van der Waals surface area contributed by atoms with Crippen molar-refractivity contribution in [2.24, 2.45) is 5.92 Å². The number of ether oxygens (including phenoxy) is 1. The van der Waals surface area contributed by atoms with E-state index in [1.807, 2.05) is 7.05 Å². The van der Waals surface area contributed by atoms with E-state index in [9.17, 15) is 0 Å². The van der Waals surface area contributed by atoms with E-state index in [1.54, 1.807) is 0 Å². The van der Waals surface area contributed by atoms with Crippen LogP contribution in [0.5, 0.6) is 0 Å². The fourth-order valence-corrected chi connectivity index (χ4v) is 2.67. The Labute approximate surface area is 94.8 Å². The molecule has 0 amide bonds. The molecular formula is C13H27NO. The lowest BCUT2D eigenvalue weighted by atomic mass is 9.84. The lowest BCUT2D eigenvalue weighted by Gasteiger charge is -2.37. The first kappa shape index (κ1) is 13.0. The highest BCUT2D eigenvalue weighted by atomic mass is 16.5. The average Bonchev–Trinajstić information content (AvgIpc) is 2.17. The number of hydrogen-bond donors (Lipinski definition) is 1. The molecule has 0 aromatic carbocycles. The molecule has 2 nitrogen and oxygen atoms in total. The molecule has 1 aliphatic carbocycles. The molecule has 2 atom stereocenters. The van der Waals surface area contributed by atoms with Gasteiger partial charge in [-0.05, 0) is 39.7 Å². The Kier molecular flexibility index (Phi) is 5.07. The molecule has 0 bridgehead atoms. The molecule has 0 aromatic heterocycles. The van der Waals surface area contributed by atoms with Gasteiger partial charge in [-0.3, -0.25) is 0 Å². The molecule has 1 saturated carbocycles. The highest BCUT2D eigenvalue weighted by Crippen LogP contribution is 2.31. The largest absolute Gasteiger partial charge is 0.371 e. The standard InChI is InChI=1S/C13H27NO/c1-5-11-8-6-7-9-12(11)15-13(2,3)10-14-4/h11-12,14H,5-10H2,1-4H3. The SMILES string of the molecule is CCC1CCCCC1OC(C)(C)CNC. The maximum Gasteiger partial charge on any atom is 0.0754 e. The summed E-state index contributed by atoms with van der Waals surface area (Å²) >= 11 is 0. The van der Waals surface area contributed by atoms with Gasteiger partial charge in [-0.25, -0.2) is 0 Å². The maximum atomic E-state index is 6.26. The van der Waals surface area contributed by atoms with Crippen LogP contribution in [-0.4, -0.2) is 25.3 Å². The first-order valence-electron chi connectivity index (χ1n) is 6.41. The monoisotopic (exact) mass is 213 g/mol. The molecule has 0 aliphatic heterocycles. The molecule has 0 radical (unpaired) electrons. The van der Waals surface area contributed by atoms with Crippen LogP contribution in [-0.2, 0) is 4.74 Å². The molecule has 1 aliphatic rings. The van der Waals surface area contributed by atoms with Crippen molar-refractivity contribution in [3.63, 3.8) is 0 Å². The zero-order valence-corrected chi connectivity index (χ0v) is 10.8. The summed E-state index contributed by atoms with van der Waals surface area (Å²) in [4.78, 5) is 0. The van der Waals surface area contributed by atoms with E-state index in [1.165, 1.54) is 32.1 Å². The van der Waals surface area contributed by atoms with Gasteiger partial charge in [0.2, 0.25) is 0 Å². The van der Waals surface area contributed by atoms with E-state index in [0.29, 0.717) is 6.10 Å². The van der Waals surface area contributed by atoms with Crippen LogP contribution < -0.4 is 5.32 Å². The van der Waals surface area contributed by atoms with Crippen molar-refractivity contribution in [2.75, 3.05) is 13.6 Å². The van der Waals surface area contributed by atoms with Crippen LogP contribution in [0.4, 0.5) is 0 Å². The molecule has 2 unspecified atom stereocenters. The summed E-state index contributed by atoms with van der Waals surface area (Å²) in [7, 11) is 1.99. The van der Waals surface area contributed by atoms with E-state index in [2.05, 4.69) is 26.1 Å². The third kappa shape index (κ3) is 4.12. The van der Waals surface area contributed by atoms with E-state index in [-0.39, 0.29) is 5.60 Å². The van der Waals surface area contributed by atoms with Crippen molar-refractivity contribution in [3.8, 4) is 0 Å². The minimum atomic E-state index is -0.0236. The normalized spacial score (nSPS) is 28.0. The van der Waals surface area contributed by atoms with Gasteiger partial charge < -0.3 is 10.1 Å². The Bertz CT molecular complexity index is 179. The van der Waals surface area contributed by atoms with Gasteiger partial charge in [-0.2, -0.15) is 0 Å². The Morgan fingerprint density at radius 2 is 1.93 bits per heavy atom. The second-order valence-corrected chi connectivity index (χ2v) is 5.40. The fraction of sp³-hybridized carbons (Fsp3) is 1.00. The highest BCUT2D eigenvalue weighted by Gasteiger charge is 2.29. The van der Waals surface area contributed by atoms with Crippen LogP contribution in [0, 0.1) is 5.92 Å². The van der Waals surface area contributed by atoms with Crippen LogP contribution in [0.3, 0.4) is 0 Å². The van der Waals surface area contributed by atoms with Gasteiger partial charge in [-0.15, -0.1) is 0 Å². The Morgan fingerprint density at radius 3 is 2.53 bits per heavy atom. The quantitative estimate of drug-likeness (QED) is 0.758. The van der Waals surface area contributed by atoms with Crippen LogP contribution in [0.1, 0.15) is 52.9 Å². The molecular weight excluding hydrogens is 186 g/mol. The molecule has 2 heteroatoms. The highest BCUT2D eigenvalue weighted by molar-refractivity contribution is 4.80. The van der Waals surface area contributed by atoms with Gasteiger partial charge in [-0.1, -0.05) is 26.2 Å². The van der Waals surface area contributed by atoms with Gasteiger partial charge in [0.25, 0.3) is 0 Å². The van der Waals surface area contributed by atoms with E-state index >= 15 is 0 Å². The second kappa shape index (κ2) is 5.86. The van der Waals surface area contributed by atoms with Gasteiger partial charge in [0.05, 0.1) is 11.7 Å². The Balaban J connectivity index is 2.46. The summed E-state index contributed by atoms with van der Waals surface area (Å²) in [5.74, 6) is 0.787. The number of hydrogen-bond acceptors (Lipinski definition) is 2.